The summed E-state index contributed by atoms with van der Waals surface area (Å²) in [6.45, 7) is 5.65. The van der Waals surface area contributed by atoms with Crippen molar-refractivity contribution in [1.29, 1.82) is 0 Å². The second kappa shape index (κ2) is 9.61. The van der Waals surface area contributed by atoms with Gasteiger partial charge in [-0.1, -0.05) is 29.3 Å². The molecular formula is C21H24Cl2N2O3. The molecular weight excluding hydrogens is 399 g/mol. The maximum Gasteiger partial charge on any atom is 0.159 e. The largest absolute Gasteiger partial charge is 0.488 e. The molecule has 2 aromatic carbocycles. The van der Waals surface area contributed by atoms with E-state index in [1.54, 1.807) is 25.1 Å². The molecule has 0 saturated carbocycles. The van der Waals surface area contributed by atoms with Crippen molar-refractivity contribution in [2.45, 2.75) is 13.0 Å². The minimum atomic E-state index is -0.631. The van der Waals surface area contributed by atoms with Gasteiger partial charge < -0.3 is 14.7 Å². The van der Waals surface area contributed by atoms with E-state index in [9.17, 15) is 9.90 Å². The number of para-hydroxylation sites is 1. The third-order valence-corrected chi connectivity index (χ3v) is 5.41. The normalized spacial score (nSPS) is 16.1. The predicted molar refractivity (Wildman–Crippen MR) is 113 cm³/mol. The summed E-state index contributed by atoms with van der Waals surface area (Å²) >= 11 is 12.2. The summed E-state index contributed by atoms with van der Waals surface area (Å²) in [5.41, 5.74) is 1.84. The third kappa shape index (κ3) is 5.39. The zero-order valence-electron chi connectivity index (χ0n) is 15.8. The van der Waals surface area contributed by atoms with Crippen molar-refractivity contribution < 1.29 is 14.6 Å². The van der Waals surface area contributed by atoms with E-state index in [-0.39, 0.29) is 12.4 Å². The second-order valence-corrected chi connectivity index (χ2v) is 7.72. The molecule has 0 amide bonds. The summed E-state index contributed by atoms with van der Waals surface area (Å²) in [6.07, 6.45) is -0.631. The first-order valence-corrected chi connectivity index (χ1v) is 10.0. The highest BCUT2D eigenvalue weighted by atomic mass is 35.5. The van der Waals surface area contributed by atoms with E-state index in [4.69, 9.17) is 27.9 Å². The van der Waals surface area contributed by atoms with Gasteiger partial charge in [0, 0.05) is 44.0 Å². The standard InChI is InChI=1S/C21H24Cl2N2O3/c1-15(26)16-5-7-17(8-6-16)25-11-9-24(10-12-25)13-18(27)14-28-21-19(22)3-2-4-20(21)23/h2-8,18,27H,9-14H2,1H3. The molecule has 7 heteroatoms. The van der Waals surface area contributed by atoms with Gasteiger partial charge in [0.15, 0.2) is 11.5 Å². The second-order valence-electron chi connectivity index (χ2n) is 6.91. The van der Waals surface area contributed by atoms with Gasteiger partial charge in [0.1, 0.15) is 12.7 Å². The summed E-state index contributed by atoms with van der Waals surface area (Å²) in [4.78, 5) is 15.9. The van der Waals surface area contributed by atoms with Crippen molar-refractivity contribution in [3.05, 3.63) is 58.1 Å². The lowest BCUT2D eigenvalue weighted by Gasteiger charge is -2.37. The van der Waals surface area contributed by atoms with E-state index in [0.29, 0.717) is 22.3 Å². The van der Waals surface area contributed by atoms with Crippen LogP contribution in [0.3, 0.4) is 0 Å². The van der Waals surface area contributed by atoms with Crippen LogP contribution in [0.5, 0.6) is 5.75 Å². The molecule has 1 N–H and O–H groups in total. The van der Waals surface area contributed by atoms with Gasteiger partial charge in [-0.15, -0.1) is 0 Å². The molecule has 3 rings (SSSR count). The number of nitrogens with zero attached hydrogens (tertiary/aromatic N) is 2. The van der Waals surface area contributed by atoms with Gasteiger partial charge in [-0.3, -0.25) is 9.69 Å². The van der Waals surface area contributed by atoms with Crippen molar-refractivity contribution in [3.8, 4) is 5.75 Å². The van der Waals surface area contributed by atoms with Gasteiger partial charge in [0.2, 0.25) is 0 Å². The lowest BCUT2D eigenvalue weighted by Crippen LogP contribution is -2.49. The molecule has 150 valence electrons. The Labute approximate surface area is 175 Å². The third-order valence-electron chi connectivity index (χ3n) is 4.82. The van der Waals surface area contributed by atoms with Gasteiger partial charge in [0.25, 0.3) is 0 Å². The highest BCUT2D eigenvalue weighted by molar-refractivity contribution is 6.37. The number of ether oxygens (including phenoxy) is 1. The Balaban J connectivity index is 1.45. The predicted octanol–water partition coefficient (Wildman–Crippen LogP) is 3.76. The lowest BCUT2D eigenvalue weighted by molar-refractivity contribution is 0.0664. The number of benzene rings is 2. The van der Waals surface area contributed by atoms with Crippen molar-refractivity contribution in [2.24, 2.45) is 0 Å². The Morgan fingerprint density at radius 3 is 2.25 bits per heavy atom. The first-order chi connectivity index (χ1) is 13.4. The molecule has 1 unspecified atom stereocenters. The van der Waals surface area contributed by atoms with Crippen molar-refractivity contribution >= 4 is 34.7 Å². The average Bonchev–Trinajstić information content (AvgIpc) is 2.68. The molecule has 28 heavy (non-hydrogen) atoms. The minimum absolute atomic E-state index is 0.0747. The smallest absolute Gasteiger partial charge is 0.159 e. The Morgan fingerprint density at radius 1 is 1.07 bits per heavy atom. The van der Waals surface area contributed by atoms with E-state index in [0.717, 1.165) is 37.4 Å². The van der Waals surface area contributed by atoms with Crippen LogP contribution in [0, 0.1) is 0 Å². The topological polar surface area (TPSA) is 53.0 Å². The Hall–Kier alpha value is -1.79. The van der Waals surface area contributed by atoms with Crippen LogP contribution in [-0.2, 0) is 0 Å². The fourth-order valence-electron chi connectivity index (χ4n) is 3.25. The number of carbonyl (C=O) groups excluding carboxylic acids is 1. The van der Waals surface area contributed by atoms with Gasteiger partial charge in [-0.2, -0.15) is 0 Å². The fraction of sp³-hybridized carbons (Fsp3) is 0.381. The van der Waals surface area contributed by atoms with E-state index < -0.39 is 6.10 Å². The molecule has 1 aliphatic heterocycles. The van der Waals surface area contributed by atoms with Crippen LogP contribution in [-0.4, -0.2) is 61.2 Å². The quantitative estimate of drug-likeness (QED) is 0.688. The molecule has 0 radical (unpaired) electrons. The number of hydrogen-bond acceptors (Lipinski definition) is 5. The number of Topliss-reactive ketones (excluding diaryl/α,β-unsaturated/α-hetero) is 1. The van der Waals surface area contributed by atoms with E-state index in [1.807, 2.05) is 24.3 Å². The molecule has 1 saturated heterocycles. The molecule has 1 fully saturated rings. The first kappa shape index (κ1) is 20.9. The molecule has 1 aliphatic rings. The molecule has 0 aliphatic carbocycles. The number of β-amino-alcohol motifs (C(OH)–C–C–N with tert-alkyl or cyclic N) is 1. The molecule has 5 nitrogen and oxygen atoms in total. The van der Waals surface area contributed by atoms with E-state index in [2.05, 4.69) is 9.80 Å². The Morgan fingerprint density at radius 2 is 1.68 bits per heavy atom. The van der Waals surface area contributed by atoms with Crippen LogP contribution in [0.1, 0.15) is 17.3 Å². The zero-order chi connectivity index (χ0) is 20.1. The number of anilines is 1. The highest BCUT2D eigenvalue weighted by Crippen LogP contribution is 2.32. The number of piperazine rings is 1. The van der Waals surface area contributed by atoms with Crippen LogP contribution in [0.4, 0.5) is 5.69 Å². The molecule has 0 aromatic heterocycles. The maximum absolute atomic E-state index is 11.4. The van der Waals surface area contributed by atoms with Crippen LogP contribution < -0.4 is 9.64 Å². The van der Waals surface area contributed by atoms with Crippen LogP contribution in [0.2, 0.25) is 10.0 Å². The van der Waals surface area contributed by atoms with Crippen LogP contribution in [0.15, 0.2) is 42.5 Å². The summed E-state index contributed by atoms with van der Waals surface area (Å²) in [5.74, 6) is 0.481. The van der Waals surface area contributed by atoms with E-state index in [1.165, 1.54) is 0 Å². The lowest BCUT2D eigenvalue weighted by atomic mass is 10.1. The fourth-order valence-corrected chi connectivity index (χ4v) is 3.75. The highest BCUT2D eigenvalue weighted by Gasteiger charge is 2.20. The summed E-state index contributed by atoms with van der Waals surface area (Å²) in [5, 5.41) is 11.2. The number of rotatable bonds is 7. The van der Waals surface area contributed by atoms with Crippen LogP contribution >= 0.6 is 23.2 Å². The number of carbonyl (C=O) groups is 1. The first-order valence-electron chi connectivity index (χ1n) is 9.27. The van der Waals surface area contributed by atoms with Crippen molar-refractivity contribution in [1.82, 2.24) is 4.90 Å². The summed E-state index contributed by atoms with van der Waals surface area (Å²) < 4.78 is 5.61. The van der Waals surface area contributed by atoms with Gasteiger partial charge in [0.05, 0.1) is 10.0 Å². The molecule has 2 aromatic rings. The zero-order valence-corrected chi connectivity index (χ0v) is 17.3. The molecule has 1 heterocycles. The van der Waals surface area contributed by atoms with Gasteiger partial charge in [-0.25, -0.2) is 0 Å². The minimum Gasteiger partial charge on any atom is -0.488 e. The number of ketones is 1. The van der Waals surface area contributed by atoms with Gasteiger partial charge in [-0.05, 0) is 43.3 Å². The van der Waals surface area contributed by atoms with E-state index >= 15 is 0 Å². The van der Waals surface area contributed by atoms with Crippen molar-refractivity contribution in [3.63, 3.8) is 0 Å². The SMILES string of the molecule is CC(=O)c1ccc(N2CCN(CC(O)COc3c(Cl)cccc3Cl)CC2)cc1. The maximum atomic E-state index is 11.4. The number of hydrogen-bond donors (Lipinski definition) is 1. The molecule has 0 bridgehead atoms. The number of aliphatic hydroxyl groups excluding tert-OH is 1. The summed E-state index contributed by atoms with van der Waals surface area (Å²) in [6, 6.07) is 12.9. The van der Waals surface area contributed by atoms with Crippen LogP contribution in [0.25, 0.3) is 0 Å². The monoisotopic (exact) mass is 422 g/mol. The number of aliphatic hydroxyl groups is 1. The summed E-state index contributed by atoms with van der Waals surface area (Å²) in [7, 11) is 0. The van der Waals surface area contributed by atoms with Gasteiger partial charge >= 0.3 is 0 Å². The Bertz CT molecular complexity index is 786. The average molecular weight is 423 g/mol. The number of halogens is 2. The molecule has 0 spiro atoms. The van der Waals surface area contributed by atoms with Crippen molar-refractivity contribution in [2.75, 3.05) is 44.2 Å². The molecule has 1 atom stereocenters. The Kier molecular flexibility index (Phi) is 7.18.